The SMILES string of the molecule is C[C@H](NC(=O)c1ccccc1)C(=O)O[C@H](C)C(=O)NC12CC3CC(CC(C3)C1)C2. The third-order valence-electron chi connectivity index (χ3n) is 6.83. The predicted molar refractivity (Wildman–Crippen MR) is 108 cm³/mol. The smallest absolute Gasteiger partial charge is 0.329 e. The van der Waals surface area contributed by atoms with Crippen LogP contribution in [0.15, 0.2) is 30.3 Å². The summed E-state index contributed by atoms with van der Waals surface area (Å²) in [5.41, 5.74) is 0.361. The van der Waals surface area contributed by atoms with E-state index in [-0.39, 0.29) is 17.4 Å². The number of carbonyl (C=O) groups is 3. The minimum atomic E-state index is -0.883. The molecule has 0 aromatic heterocycles. The number of nitrogens with one attached hydrogen (secondary N) is 2. The predicted octanol–water partition coefficient (Wildman–Crippen LogP) is 2.82. The first-order valence-corrected chi connectivity index (χ1v) is 10.7. The largest absolute Gasteiger partial charge is 0.451 e. The summed E-state index contributed by atoms with van der Waals surface area (Å²) < 4.78 is 5.36. The fourth-order valence-corrected chi connectivity index (χ4v) is 5.88. The molecule has 0 heterocycles. The van der Waals surface area contributed by atoms with Crippen molar-refractivity contribution >= 4 is 17.8 Å². The summed E-state index contributed by atoms with van der Waals surface area (Å²) in [5, 5.41) is 5.85. The number of amides is 2. The van der Waals surface area contributed by atoms with Crippen LogP contribution in [0.2, 0.25) is 0 Å². The van der Waals surface area contributed by atoms with Gasteiger partial charge in [0.25, 0.3) is 11.8 Å². The van der Waals surface area contributed by atoms with Gasteiger partial charge in [0, 0.05) is 11.1 Å². The van der Waals surface area contributed by atoms with Crippen molar-refractivity contribution in [2.45, 2.75) is 70.1 Å². The van der Waals surface area contributed by atoms with Gasteiger partial charge in [0.15, 0.2) is 6.10 Å². The maximum absolute atomic E-state index is 12.8. The lowest BCUT2D eigenvalue weighted by atomic mass is 9.53. The maximum Gasteiger partial charge on any atom is 0.329 e. The Hall–Kier alpha value is -2.37. The van der Waals surface area contributed by atoms with Crippen LogP contribution in [0.3, 0.4) is 0 Å². The molecule has 2 amide bonds. The molecule has 0 saturated heterocycles. The van der Waals surface area contributed by atoms with Crippen LogP contribution in [0.5, 0.6) is 0 Å². The van der Waals surface area contributed by atoms with Gasteiger partial charge in [0.05, 0.1) is 0 Å². The maximum atomic E-state index is 12.8. The minimum Gasteiger partial charge on any atom is -0.451 e. The summed E-state index contributed by atoms with van der Waals surface area (Å²) in [6, 6.07) is 7.85. The van der Waals surface area contributed by atoms with Crippen LogP contribution in [-0.4, -0.2) is 35.5 Å². The molecule has 0 radical (unpaired) electrons. The Kier molecular flexibility index (Phi) is 5.36. The number of hydrogen-bond acceptors (Lipinski definition) is 4. The zero-order chi connectivity index (χ0) is 20.6. The van der Waals surface area contributed by atoms with E-state index in [1.54, 1.807) is 38.1 Å². The first kappa shape index (κ1) is 19.9. The van der Waals surface area contributed by atoms with Crippen LogP contribution in [0.1, 0.15) is 62.7 Å². The van der Waals surface area contributed by atoms with E-state index < -0.39 is 18.1 Å². The fourth-order valence-electron chi connectivity index (χ4n) is 5.88. The molecule has 1 aromatic rings. The number of benzene rings is 1. The first-order chi connectivity index (χ1) is 13.8. The molecule has 2 N–H and O–H groups in total. The zero-order valence-corrected chi connectivity index (χ0v) is 17.1. The monoisotopic (exact) mass is 398 g/mol. The molecule has 6 nitrogen and oxygen atoms in total. The van der Waals surface area contributed by atoms with Crippen molar-refractivity contribution in [3.8, 4) is 0 Å². The van der Waals surface area contributed by atoms with Gasteiger partial charge < -0.3 is 15.4 Å². The van der Waals surface area contributed by atoms with E-state index in [0.717, 1.165) is 37.0 Å². The molecule has 6 heteroatoms. The fraction of sp³-hybridized carbons (Fsp3) is 0.609. The normalized spacial score (nSPS) is 31.6. The van der Waals surface area contributed by atoms with E-state index >= 15 is 0 Å². The van der Waals surface area contributed by atoms with E-state index in [4.69, 9.17) is 4.74 Å². The lowest BCUT2D eigenvalue weighted by Gasteiger charge is -2.57. The summed E-state index contributed by atoms with van der Waals surface area (Å²) >= 11 is 0. The molecule has 0 aliphatic heterocycles. The molecular weight excluding hydrogens is 368 g/mol. The first-order valence-electron chi connectivity index (χ1n) is 10.7. The van der Waals surface area contributed by atoms with E-state index in [1.165, 1.54) is 19.3 Å². The number of carbonyl (C=O) groups excluding carboxylic acids is 3. The highest BCUT2D eigenvalue weighted by molar-refractivity contribution is 5.96. The molecule has 29 heavy (non-hydrogen) atoms. The van der Waals surface area contributed by atoms with Crippen LogP contribution < -0.4 is 10.6 Å². The molecule has 4 aliphatic rings. The Labute approximate surface area is 171 Å². The lowest BCUT2D eigenvalue weighted by molar-refractivity contribution is -0.158. The van der Waals surface area contributed by atoms with Crippen molar-refractivity contribution in [1.29, 1.82) is 0 Å². The second kappa shape index (κ2) is 7.81. The highest BCUT2D eigenvalue weighted by Gasteiger charge is 2.51. The Balaban J connectivity index is 1.29. The van der Waals surface area contributed by atoms with Gasteiger partial charge in [-0.3, -0.25) is 9.59 Å². The van der Waals surface area contributed by atoms with Gasteiger partial charge in [-0.25, -0.2) is 4.79 Å². The van der Waals surface area contributed by atoms with Gasteiger partial charge in [-0.1, -0.05) is 18.2 Å². The quantitative estimate of drug-likeness (QED) is 0.722. The van der Waals surface area contributed by atoms with Crippen LogP contribution in [0.25, 0.3) is 0 Å². The number of esters is 1. The minimum absolute atomic E-state index is 0.111. The Bertz CT molecular complexity index is 756. The average Bonchev–Trinajstić information content (AvgIpc) is 2.67. The van der Waals surface area contributed by atoms with Gasteiger partial charge in [0.2, 0.25) is 0 Å². The number of hydrogen-bond donors (Lipinski definition) is 2. The summed E-state index contributed by atoms with van der Waals surface area (Å²) in [7, 11) is 0. The molecule has 0 unspecified atom stereocenters. The van der Waals surface area contributed by atoms with Gasteiger partial charge in [-0.15, -0.1) is 0 Å². The highest BCUT2D eigenvalue weighted by atomic mass is 16.5. The van der Waals surface area contributed by atoms with Gasteiger partial charge in [-0.05, 0) is 82.3 Å². The van der Waals surface area contributed by atoms with Crippen LogP contribution in [0, 0.1) is 17.8 Å². The third kappa shape index (κ3) is 4.31. The van der Waals surface area contributed by atoms with E-state index in [1.807, 2.05) is 6.07 Å². The molecular formula is C23H30N2O4. The van der Waals surface area contributed by atoms with Crippen molar-refractivity contribution in [3.05, 3.63) is 35.9 Å². The molecule has 1 aromatic carbocycles. The van der Waals surface area contributed by atoms with Crippen molar-refractivity contribution in [2.75, 3.05) is 0 Å². The van der Waals surface area contributed by atoms with E-state index in [0.29, 0.717) is 5.56 Å². The van der Waals surface area contributed by atoms with Crippen LogP contribution in [0.4, 0.5) is 0 Å². The van der Waals surface area contributed by atoms with Crippen LogP contribution in [-0.2, 0) is 14.3 Å². The average molecular weight is 399 g/mol. The highest BCUT2D eigenvalue weighted by Crippen LogP contribution is 2.55. The molecule has 156 valence electrons. The molecule has 4 bridgehead atoms. The summed E-state index contributed by atoms with van der Waals surface area (Å²) in [4.78, 5) is 37.3. The third-order valence-corrected chi connectivity index (χ3v) is 6.83. The summed E-state index contributed by atoms with van der Waals surface area (Å²) in [6.45, 7) is 3.16. The van der Waals surface area contributed by atoms with Crippen molar-refractivity contribution in [3.63, 3.8) is 0 Å². The van der Waals surface area contributed by atoms with Crippen molar-refractivity contribution in [2.24, 2.45) is 17.8 Å². The van der Waals surface area contributed by atoms with E-state index in [2.05, 4.69) is 10.6 Å². The molecule has 2 atom stereocenters. The Morgan fingerprint density at radius 2 is 1.52 bits per heavy atom. The molecule has 4 saturated carbocycles. The zero-order valence-electron chi connectivity index (χ0n) is 17.1. The second-order valence-corrected chi connectivity index (χ2v) is 9.33. The molecule has 4 fully saturated rings. The van der Waals surface area contributed by atoms with E-state index in [9.17, 15) is 14.4 Å². The van der Waals surface area contributed by atoms with Crippen LogP contribution >= 0.6 is 0 Å². The van der Waals surface area contributed by atoms with Gasteiger partial charge in [0.1, 0.15) is 6.04 Å². The topological polar surface area (TPSA) is 84.5 Å². The Morgan fingerprint density at radius 3 is 2.07 bits per heavy atom. The summed E-state index contributed by atoms with van der Waals surface area (Å²) in [6.07, 6.45) is 6.18. The van der Waals surface area contributed by atoms with Crippen molar-refractivity contribution < 1.29 is 19.1 Å². The Morgan fingerprint density at radius 1 is 0.966 bits per heavy atom. The number of rotatable bonds is 6. The molecule has 4 aliphatic carbocycles. The lowest BCUT2D eigenvalue weighted by Crippen LogP contribution is -2.61. The number of ether oxygens (including phenoxy) is 1. The summed E-state index contributed by atoms with van der Waals surface area (Å²) in [5.74, 6) is 0.998. The molecule has 5 rings (SSSR count). The van der Waals surface area contributed by atoms with Gasteiger partial charge in [-0.2, -0.15) is 0 Å². The molecule has 0 spiro atoms. The van der Waals surface area contributed by atoms with Crippen molar-refractivity contribution in [1.82, 2.24) is 10.6 Å². The second-order valence-electron chi connectivity index (χ2n) is 9.33. The standard InChI is InChI=1S/C23H30N2O4/c1-14(24-21(27)19-6-4-3-5-7-19)22(28)29-15(2)20(26)25-23-11-16-8-17(12-23)10-18(9-16)13-23/h3-7,14-18H,8-13H2,1-2H3,(H,24,27)(H,25,26)/t14-,15+,16?,17?,18?,23?/m0/s1. The van der Waals surface area contributed by atoms with Gasteiger partial charge >= 0.3 is 5.97 Å².